The third kappa shape index (κ3) is 6.22. The van der Waals surface area contributed by atoms with Gasteiger partial charge in [0.05, 0.1) is 6.61 Å². The predicted molar refractivity (Wildman–Crippen MR) is 150 cm³/mol. The summed E-state index contributed by atoms with van der Waals surface area (Å²) in [6, 6.07) is 6.88. The van der Waals surface area contributed by atoms with Crippen LogP contribution in [0.5, 0.6) is 17.2 Å². The number of hydrogen-bond donors (Lipinski definition) is 3. The van der Waals surface area contributed by atoms with E-state index >= 15 is 0 Å². The zero-order chi connectivity index (χ0) is 27.4. The molecule has 1 saturated heterocycles. The van der Waals surface area contributed by atoms with E-state index in [0.717, 1.165) is 43.6 Å². The zero-order valence-electron chi connectivity index (χ0n) is 22.7. The molecule has 0 aromatic heterocycles. The van der Waals surface area contributed by atoms with E-state index in [1.54, 1.807) is 17.9 Å². The van der Waals surface area contributed by atoms with Gasteiger partial charge in [-0.15, -0.1) is 0 Å². The maximum Gasteiger partial charge on any atom is 0.262 e. The molecule has 0 atom stereocenters. The van der Waals surface area contributed by atoms with Gasteiger partial charge in [0.2, 0.25) is 5.91 Å². The van der Waals surface area contributed by atoms with Crippen LogP contribution in [-0.2, 0) is 17.9 Å². The molecule has 208 valence electrons. The molecule has 8 heteroatoms. The summed E-state index contributed by atoms with van der Waals surface area (Å²) >= 11 is 0. The topological polar surface area (TPSA) is 102 Å². The molecule has 2 aliphatic heterocycles. The van der Waals surface area contributed by atoms with Gasteiger partial charge in [-0.25, -0.2) is 0 Å². The van der Waals surface area contributed by atoms with Crippen molar-refractivity contribution in [3.8, 4) is 17.2 Å². The molecule has 0 radical (unpaired) electrons. The highest BCUT2D eigenvalue weighted by atomic mass is 16.5. The first-order valence-corrected chi connectivity index (χ1v) is 14.2. The van der Waals surface area contributed by atoms with Gasteiger partial charge in [0.25, 0.3) is 5.91 Å². The fourth-order valence-corrected chi connectivity index (χ4v) is 5.96. The Morgan fingerprint density at radius 1 is 1.05 bits per heavy atom. The Hall–Kier alpha value is -3.52. The number of nitrogens with one attached hydrogen (secondary N) is 1. The monoisotopic (exact) mass is 533 g/mol. The van der Waals surface area contributed by atoms with Crippen molar-refractivity contribution in [2.24, 2.45) is 5.92 Å². The van der Waals surface area contributed by atoms with Gasteiger partial charge in [0, 0.05) is 48.6 Å². The smallest absolute Gasteiger partial charge is 0.262 e. The van der Waals surface area contributed by atoms with Crippen molar-refractivity contribution in [1.29, 1.82) is 0 Å². The second kappa shape index (κ2) is 12.1. The molecule has 3 aliphatic rings. The Morgan fingerprint density at radius 2 is 1.82 bits per heavy atom. The van der Waals surface area contributed by atoms with Crippen molar-refractivity contribution in [2.75, 3.05) is 31.6 Å². The summed E-state index contributed by atoms with van der Waals surface area (Å²) in [5.41, 5.74) is 3.02. The number of ether oxygens (including phenoxy) is 1. The number of nitrogens with zero attached hydrogens (tertiary/aromatic N) is 2. The first-order valence-electron chi connectivity index (χ1n) is 14.2. The summed E-state index contributed by atoms with van der Waals surface area (Å²) in [7, 11) is 0. The van der Waals surface area contributed by atoms with Crippen LogP contribution in [0.15, 0.2) is 36.4 Å². The molecule has 0 unspecified atom stereocenters. The van der Waals surface area contributed by atoms with Gasteiger partial charge in [-0.05, 0) is 63.2 Å². The Labute approximate surface area is 230 Å². The van der Waals surface area contributed by atoms with Crippen LogP contribution < -0.4 is 10.1 Å². The lowest BCUT2D eigenvalue weighted by Crippen LogP contribution is -2.27. The average Bonchev–Trinajstić information content (AvgIpc) is 3.61. The van der Waals surface area contributed by atoms with Crippen LogP contribution in [0.25, 0.3) is 0 Å². The molecular weight excluding hydrogens is 494 g/mol. The molecule has 2 heterocycles. The molecule has 2 amide bonds. The summed E-state index contributed by atoms with van der Waals surface area (Å²) in [6.45, 7) is 5.71. The number of aromatic hydroxyl groups is 2. The Kier molecular flexibility index (Phi) is 8.41. The summed E-state index contributed by atoms with van der Waals surface area (Å²) in [4.78, 5) is 30.3. The molecule has 1 saturated carbocycles. The highest BCUT2D eigenvalue weighted by molar-refractivity contribution is 6.02. The van der Waals surface area contributed by atoms with E-state index in [1.807, 2.05) is 24.3 Å². The number of benzene rings is 2. The van der Waals surface area contributed by atoms with Crippen LogP contribution in [0, 0.1) is 12.8 Å². The fourth-order valence-electron chi connectivity index (χ4n) is 5.96. The molecule has 0 bridgehead atoms. The number of amides is 2. The molecule has 39 heavy (non-hydrogen) atoms. The quantitative estimate of drug-likeness (QED) is 0.408. The number of hydrogen-bond acceptors (Lipinski definition) is 6. The third-order valence-electron chi connectivity index (χ3n) is 8.24. The van der Waals surface area contributed by atoms with Gasteiger partial charge in [-0.1, -0.05) is 37.5 Å². The largest absolute Gasteiger partial charge is 0.507 e. The number of fused-ring (bicyclic) bond motifs is 1. The second-order valence-electron chi connectivity index (χ2n) is 11.1. The molecule has 3 N–H and O–H groups in total. The van der Waals surface area contributed by atoms with Crippen molar-refractivity contribution in [2.45, 2.75) is 65.0 Å². The van der Waals surface area contributed by atoms with Gasteiger partial charge in [0.15, 0.2) is 0 Å². The normalized spacial score (nSPS) is 18.0. The van der Waals surface area contributed by atoms with Gasteiger partial charge in [-0.3, -0.25) is 14.5 Å². The summed E-state index contributed by atoms with van der Waals surface area (Å²) in [5, 5.41) is 24.1. The summed E-state index contributed by atoms with van der Waals surface area (Å²) in [5.74, 6) is -0.316. The number of phenolic OH excluding ortho intramolecular Hbond substituents is 2. The minimum atomic E-state index is -0.367. The minimum Gasteiger partial charge on any atom is -0.507 e. The maximum atomic E-state index is 13.8. The van der Waals surface area contributed by atoms with Crippen molar-refractivity contribution in [3.05, 3.63) is 58.7 Å². The molecule has 8 nitrogen and oxygen atoms in total. The molecular formula is C31H39N3O5. The molecule has 2 fully saturated rings. The van der Waals surface area contributed by atoms with E-state index < -0.39 is 0 Å². The number of phenols is 2. The van der Waals surface area contributed by atoms with Crippen LogP contribution in [0.1, 0.15) is 72.0 Å². The van der Waals surface area contributed by atoms with Crippen molar-refractivity contribution in [1.82, 2.24) is 9.80 Å². The van der Waals surface area contributed by atoms with E-state index in [0.29, 0.717) is 36.9 Å². The van der Waals surface area contributed by atoms with E-state index in [2.05, 4.69) is 10.2 Å². The van der Waals surface area contributed by atoms with Crippen molar-refractivity contribution < 1.29 is 24.5 Å². The van der Waals surface area contributed by atoms with E-state index in [-0.39, 0.29) is 34.6 Å². The molecule has 2 aromatic carbocycles. The van der Waals surface area contributed by atoms with Crippen molar-refractivity contribution in [3.63, 3.8) is 0 Å². The first-order chi connectivity index (χ1) is 18.9. The number of carbonyl (C=O) groups excluding carboxylic acids is 2. The highest BCUT2D eigenvalue weighted by Crippen LogP contribution is 2.41. The minimum absolute atomic E-state index is 0.0735. The first kappa shape index (κ1) is 27.1. The molecule has 1 aliphatic carbocycles. The van der Waals surface area contributed by atoms with Crippen molar-refractivity contribution >= 4 is 17.5 Å². The van der Waals surface area contributed by atoms with Gasteiger partial charge >= 0.3 is 0 Å². The van der Waals surface area contributed by atoms with Gasteiger partial charge in [-0.2, -0.15) is 0 Å². The van der Waals surface area contributed by atoms with Crippen LogP contribution >= 0.6 is 0 Å². The number of likely N-dealkylation sites (tertiary alicyclic amines) is 1. The van der Waals surface area contributed by atoms with Gasteiger partial charge in [0.1, 0.15) is 22.8 Å². The maximum absolute atomic E-state index is 13.8. The number of anilines is 1. The average molecular weight is 534 g/mol. The summed E-state index contributed by atoms with van der Waals surface area (Å²) < 4.78 is 6.14. The Morgan fingerprint density at radius 3 is 2.59 bits per heavy atom. The highest BCUT2D eigenvalue weighted by Gasteiger charge is 2.32. The van der Waals surface area contributed by atoms with Crippen LogP contribution in [0.3, 0.4) is 0 Å². The lowest BCUT2D eigenvalue weighted by atomic mass is 9.90. The second-order valence-corrected chi connectivity index (χ2v) is 11.1. The third-order valence-corrected chi connectivity index (χ3v) is 8.24. The van der Waals surface area contributed by atoms with Crippen LogP contribution in [0.4, 0.5) is 5.69 Å². The standard InChI is InChI=1S/C31H39N3O5/c1-21-26(35)17-27(36)29(30(21)39-20-22-9-3-2-4-10-22)31(38)34-18-23-11-7-12-25(24(23)19-34)32-28(37)13-8-16-33-14-5-6-15-33/h7-8,11-13,17,22,35-36H,2-6,9-10,14-16,18-20H2,1H3,(H,32,37)/b13-8+. The van der Waals surface area contributed by atoms with Gasteiger partial charge < -0.3 is 25.2 Å². The molecule has 5 rings (SSSR count). The predicted octanol–water partition coefficient (Wildman–Crippen LogP) is 5.11. The Balaban J connectivity index is 1.29. The van der Waals surface area contributed by atoms with Crippen LogP contribution in [0.2, 0.25) is 0 Å². The SMILES string of the molecule is Cc1c(O)cc(O)c(C(=O)N2Cc3cccc(NC(=O)/C=C/CN4CCCC4)c3C2)c1OCC1CCCCC1. The fraction of sp³-hybridized carbons (Fsp3) is 0.484. The van der Waals surface area contributed by atoms with E-state index in [1.165, 1.54) is 38.2 Å². The number of rotatable bonds is 8. The van der Waals surface area contributed by atoms with Crippen LogP contribution in [-0.4, -0.2) is 58.1 Å². The van der Waals surface area contributed by atoms with E-state index in [9.17, 15) is 19.8 Å². The molecule has 0 spiro atoms. The van der Waals surface area contributed by atoms with E-state index in [4.69, 9.17) is 4.74 Å². The lowest BCUT2D eigenvalue weighted by molar-refractivity contribution is -0.111. The Bertz CT molecular complexity index is 1250. The number of carbonyl (C=O) groups is 2. The zero-order valence-corrected chi connectivity index (χ0v) is 22.7. The lowest BCUT2D eigenvalue weighted by Gasteiger charge is -2.25. The summed E-state index contributed by atoms with van der Waals surface area (Å²) in [6.07, 6.45) is 11.6. The molecule has 2 aromatic rings.